The van der Waals surface area contributed by atoms with Crippen molar-refractivity contribution < 1.29 is 23.9 Å². The summed E-state index contributed by atoms with van der Waals surface area (Å²) in [5.41, 5.74) is 4.61. The van der Waals surface area contributed by atoms with Gasteiger partial charge in [0, 0.05) is 22.8 Å². The Morgan fingerprint density at radius 3 is 2.49 bits per heavy atom. The van der Waals surface area contributed by atoms with Crippen molar-refractivity contribution in [3.63, 3.8) is 0 Å². The van der Waals surface area contributed by atoms with Gasteiger partial charge >= 0.3 is 0 Å². The van der Waals surface area contributed by atoms with Gasteiger partial charge in [0.05, 0.1) is 28.2 Å². The summed E-state index contributed by atoms with van der Waals surface area (Å²) in [5, 5.41) is 17.1. The van der Waals surface area contributed by atoms with Gasteiger partial charge in [-0.3, -0.25) is 14.4 Å². The Morgan fingerprint density at radius 2 is 1.84 bits per heavy atom. The third-order valence-electron chi connectivity index (χ3n) is 7.74. The highest BCUT2D eigenvalue weighted by atomic mass is 79.9. The molecule has 0 spiro atoms. The largest absolute Gasteiger partial charge is 0.451 e. The second-order valence-electron chi connectivity index (χ2n) is 12.1. The number of aryl methyl sites for hydroxylation is 1. The number of likely N-dealkylation sites (tertiary alicyclic amines) is 1. The molecule has 0 unspecified atom stereocenters. The molecule has 2 aromatic carbocycles. The summed E-state index contributed by atoms with van der Waals surface area (Å²) in [6, 6.07) is 12.8. The lowest BCUT2D eigenvalue weighted by Crippen LogP contribution is -2.57. The lowest BCUT2D eigenvalue weighted by Gasteiger charge is -2.35. The number of halogens is 1. The van der Waals surface area contributed by atoms with E-state index in [9.17, 15) is 19.5 Å². The first-order chi connectivity index (χ1) is 20.3. The number of furan rings is 1. The summed E-state index contributed by atoms with van der Waals surface area (Å²) in [6.45, 7) is 9.37. The second kappa shape index (κ2) is 12.2. The van der Waals surface area contributed by atoms with Crippen LogP contribution in [0.2, 0.25) is 0 Å². The minimum Gasteiger partial charge on any atom is -0.451 e. The van der Waals surface area contributed by atoms with E-state index in [0.717, 1.165) is 31.6 Å². The Hall–Kier alpha value is -3.54. The standard InChI is InChI=1S/C32H35BrN4O5S/c1-17(19-6-8-20(9-7-19)27-18(2)34-16-43-27)35-29(39)24-14-23(38)15-37(24)31(41)28(32(3,4)5)36-30(40)26-12-21-10-11-22(33)13-25(21)42-26/h6-13,16-17,23-24,28,38H,14-15H2,1-5H3,(H,35,39)(H,36,40)/t17-,23+,24-,28+/m0/s1. The third kappa shape index (κ3) is 6.68. The summed E-state index contributed by atoms with van der Waals surface area (Å²) in [4.78, 5) is 47.5. The number of thiazole rings is 1. The molecular formula is C32H35BrN4O5S. The molecule has 3 amide bonds. The third-order valence-corrected chi connectivity index (χ3v) is 9.21. The molecular weight excluding hydrogens is 632 g/mol. The van der Waals surface area contributed by atoms with E-state index in [1.54, 1.807) is 23.5 Å². The molecule has 0 radical (unpaired) electrons. The number of carbonyl (C=O) groups is 3. The number of nitrogens with one attached hydrogen (secondary N) is 2. The van der Waals surface area contributed by atoms with Crippen molar-refractivity contribution in [3.05, 3.63) is 75.5 Å². The van der Waals surface area contributed by atoms with E-state index in [1.165, 1.54) is 4.90 Å². The van der Waals surface area contributed by atoms with E-state index >= 15 is 0 Å². The maximum atomic E-state index is 13.9. The molecule has 4 atom stereocenters. The van der Waals surface area contributed by atoms with E-state index in [1.807, 2.05) is 76.5 Å². The molecule has 226 valence electrons. The number of nitrogens with zero attached hydrogens (tertiary/aromatic N) is 2. The second-order valence-corrected chi connectivity index (χ2v) is 13.9. The molecule has 4 aromatic rings. The molecule has 1 saturated heterocycles. The zero-order valence-corrected chi connectivity index (χ0v) is 27.1. The smallest absolute Gasteiger partial charge is 0.287 e. The highest BCUT2D eigenvalue weighted by Gasteiger charge is 2.45. The Bertz CT molecular complexity index is 1660. The van der Waals surface area contributed by atoms with Gasteiger partial charge in [-0.2, -0.15) is 0 Å². The van der Waals surface area contributed by atoms with Crippen molar-refractivity contribution in [1.82, 2.24) is 20.5 Å². The minimum absolute atomic E-state index is 0.00465. The van der Waals surface area contributed by atoms with E-state index in [0.29, 0.717) is 5.58 Å². The van der Waals surface area contributed by atoms with Gasteiger partial charge in [-0.25, -0.2) is 4.98 Å². The summed E-state index contributed by atoms with van der Waals surface area (Å²) in [5.74, 6) is -1.25. The van der Waals surface area contributed by atoms with Gasteiger partial charge in [-0.15, -0.1) is 11.3 Å². The minimum atomic E-state index is -0.972. The molecule has 43 heavy (non-hydrogen) atoms. The van der Waals surface area contributed by atoms with Crippen LogP contribution in [0.4, 0.5) is 0 Å². The van der Waals surface area contributed by atoms with E-state index in [-0.39, 0.29) is 30.7 Å². The van der Waals surface area contributed by atoms with Gasteiger partial charge < -0.3 is 25.1 Å². The number of carbonyl (C=O) groups excluding carboxylic acids is 3. The van der Waals surface area contributed by atoms with Crippen molar-refractivity contribution in [2.45, 2.75) is 65.3 Å². The van der Waals surface area contributed by atoms with Gasteiger partial charge in [0.25, 0.3) is 5.91 Å². The number of benzene rings is 2. The highest BCUT2D eigenvalue weighted by Crippen LogP contribution is 2.30. The quantitative estimate of drug-likeness (QED) is 0.236. The normalized spacial score (nSPS) is 18.4. The van der Waals surface area contributed by atoms with Gasteiger partial charge in [0.2, 0.25) is 11.8 Å². The zero-order chi connectivity index (χ0) is 31.1. The Balaban J connectivity index is 1.30. The average Bonchev–Trinajstić information content (AvgIpc) is 3.68. The number of hydrogen-bond donors (Lipinski definition) is 3. The number of aliphatic hydroxyl groups excluding tert-OH is 1. The van der Waals surface area contributed by atoms with Crippen molar-refractivity contribution in [2.75, 3.05) is 6.54 Å². The molecule has 1 aliphatic heterocycles. The summed E-state index contributed by atoms with van der Waals surface area (Å²) >= 11 is 4.98. The van der Waals surface area contributed by atoms with E-state index in [4.69, 9.17) is 4.42 Å². The van der Waals surface area contributed by atoms with Gasteiger partial charge in [-0.05, 0) is 54.7 Å². The maximum absolute atomic E-state index is 13.9. The lowest BCUT2D eigenvalue weighted by molar-refractivity contribution is -0.142. The molecule has 3 heterocycles. The van der Waals surface area contributed by atoms with Crippen LogP contribution in [-0.4, -0.2) is 57.4 Å². The van der Waals surface area contributed by atoms with Crippen LogP contribution in [0.3, 0.4) is 0 Å². The first kappa shape index (κ1) is 30.9. The monoisotopic (exact) mass is 666 g/mol. The Morgan fingerprint density at radius 1 is 1.12 bits per heavy atom. The Labute approximate surface area is 262 Å². The van der Waals surface area contributed by atoms with Crippen molar-refractivity contribution >= 4 is 56.0 Å². The first-order valence-electron chi connectivity index (χ1n) is 14.1. The topological polar surface area (TPSA) is 125 Å². The summed E-state index contributed by atoms with van der Waals surface area (Å²) < 4.78 is 6.57. The fraction of sp³-hybridized carbons (Fsp3) is 0.375. The summed E-state index contributed by atoms with van der Waals surface area (Å²) in [6.07, 6.45) is -0.751. The molecule has 5 rings (SSSR count). The molecule has 0 bridgehead atoms. The summed E-state index contributed by atoms with van der Waals surface area (Å²) in [7, 11) is 0. The van der Waals surface area contributed by atoms with E-state index in [2.05, 4.69) is 31.5 Å². The molecule has 1 aliphatic rings. The van der Waals surface area contributed by atoms with Crippen LogP contribution in [0, 0.1) is 12.3 Å². The maximum Gasteiger partial charge on any atom is 0.287 e. The zero-order valence-electron chi connectivity index (χ0n) is 24.7. The molecule has 0 saturated carbocycles. The van der Waals surface area contributed by atoms with Crippen LogP contribution in [0.15, 0.2) is 62.9 Å². The van der Waals surface area contributed by atoms with Crippen LogP contribution in [-0.2, 0) is 9.59 Å². The first-order valence-corrected chi connectivity index (χ1v) is 15.8. The number of aromatic nitrogens is 1. The van der Waals surface area contributed by atoms with Crippen molar-refractivity contribution in [1.29, 1.82) is 0 Å². The number of amides is 3. The molecule has 11 heteroatoms. The number of fused-ring (bicyclic) bond motifs is 1. The predicted octanol–water partition coefficient (Wildman–Crippen LogP) is 5.61. The molecule has 0 aliphatic carbocycles. The number of aliphatic hydroxyl groups is 1. The molecule has 3 N–H and O–H groups in total. The number of β-amino-alcohol motifs (C(OH)–C–C–N with tert-alkyl or cyclic N) is 1. The number of hydrogen-bond acceptors (Lipinski definition) is 7. The van der Waals surface area contributed by atoms with Crippen molar-refractivity contribution in [3.8, 4) is 10.4 Å². The molecule has 9 nitrogen and oxygen atoms in total. The van der Waals surface area contributed by atoms with Crippen LogP contribution < -0.4 is 10.6 Å². The molecule has 1 fully saturated rings. The molecule has 2 aromatic heterocycles. The number of rotatable bonds is 7. The average molecular weight is 668 g/mol. The van der Waals surface area contributed by atoms with Crippen LogP contribution in [0.25, 0.3) is 21.4 Å². The Kier molecular flexibility index (Phi) is 8.78. The van der Waals surface area contributed by atoms with E-state index < -0.39 is 35.4 Å². The van der Waals surface area contributed by atoms with Crippen molar-refractivity contribution in [2.24, 2.45) is 5.41 Å². The predicted molar refractivity (Wildman–Crippen MR) is 170 cm³/mol. The SMILES string of the molecule is Cc1ncsc1-c1ccc([C@H](C)NC(=O)[C@@H]2C[C@@H](O)CN2C(=O)[C@@H](NC(=O)c2cc3ccc(Br)cc3o2)C(C)(C)C)cc1. The highest BCUT2D eigenvalue weighted by molar-refractivity contribution is 9.10. The fourth-order valence-corrected chi connectivity index (χ4v) is 6.49. The van der Waals surface area contributed by atoms with Gasteiger partial charge in [-0.1, -0.05) is 61.0 Å². The fourth-order valence-electron chi connectivity index (χ4n) is 5.33. The van der Waals surface area contributed by atoms with Crippen LogP contribution in [0.5, 0.6) is 0 Å². The van der Waals surface area contributed by atoms with Crippen LogP contribution in [0.1, 0.15) is 62.0 Å². The van der Waals surface area contributed by atoms with Gasteiger partial charge in [0.1, 0.15) is 17.7 Å². The van der Waals surface area contributed by atoms with Crippen LogP contribution >= 0.6 is 27.3 Å². The van der Waals surface area contributed by atoms with Gasteiger partial charge in [0.15, 0.2) is 5.76 Å². The lowest BCUT2D eigenvalue weighted by atomic mass is 9.85.